The van der Waals surface area contributed by atoms with E-state index >= 15 is 0 Å². The van der Waals surface area contributed by atoms with Crippen LogP contribution in [0, 0.1) is 17.6 Å². The van der Waals surface area contributed by atoms with Gasteiger partial charge in [-0.15, -0.1) is 0 Å². The van der Waals surface area contributed by atoms with Crippen molar-refractivity contribution in [3.8, 4) is 0 Å². The first kappa shape index (κ1) is 17.5. The number of hydrogen-bond donors (Lipinski definition) is 0. The van der Waals surface area contributed by atoms with Crippen molar-refractivity contribution in [3.05, 3.63) is 23.8 Å². The molecule has 0 bridgehead atoms. The molecule has 1 fully saturated rings. The predicted molar refractivity (Wildman–Crippen MR) is 91.9 cm³/mol. The van der Waals surface area contributed by atoms with Crippen LogP contribution in [0.4, 0.5) is 13.9 Å². The van der Waals surface area contributed by atoms with E-state index in [-0.39, 0.29) is 5.52 Å². The lowest BCUT2D eigenvalue weighted by Crippen LogP contribution is -2.39. The van der Waals surface area contributed by atoms with E-state index < -0.39 is 21.7 Å². The van der Waals surface area contributed by atoms with Crippen molar-refractivity contribution in [2.24, 2.45) is 5.92 Å². The summed E-state index contributed by atoms with van der Waals surface area (Å²) in [6, 6.07) is 2.15. The van der Waals surface area contributed by atoms with Gasteiger partial charge in [-0.3, -0.25) is 0 Å². The summed E-state index contributed by atoms with van der Waals surface area (Å²) in [6.07, 6.45) is 2.89. The third-order valence-electron chi connectivity index (χ3n) is 4.37. The van der Waals surface area contributed by atoms with E-state index in [9.17, 15) is 17.2 Å². The van der Waals surface area contributed by atoms with Gasteiger partial charge in [-0.25, -0.2) is 26.5 Å². The van der Waals surface area contributed by atoms with Crippen LogP contribution in [0.5, 0.6) is 0 Å². The topological polar surface area (TPSA) is 53.5 Å². The quantitative estimate of drug-likeness (QED) is 0.825. The van der Waals surface area contributed by atoms with Crippen LogP contribution >= 0.6 is 11.3 Å². The molecule has 0 saturated carbocycles. The minimum atomic E-state index is -3.16. The maximum atomic E-state index is 13.8. The molecule has 0 unspecified atom stereocenters. The Morgan fingerprint density at radius 1 is 1.33 bits per heavy atom. The van der Waals surface area contributed by atoms with E-state index in [0.717, 1.165) is 32.0 Å². The Bertz CT molecular complexity index is 846. The average molecular weight is 375 g/mol. The zero-order valence-corrected chi connectivity index (χ0v) is 15.1. The van der Waals surface area contributed by atoms with Crippen LogP contribution in [-0.2, 0) is 10.0 Å². The zero-order valence-electron chi connectivity index (χ0n) is 13.5. The summed E-state index contributed by atoms with van der Waals surface area (Å²) in [4.78, 5) is 6.35. The molecule has 1 aliphatic heterocycles. The van der Waals surface area contributed by atoms with Gasteiger partial charge in [0.25, 0.3) is 0 Å². The molecule has 24 heavy (non-hydrogen) atoms. The molecule has 3 rings (SSSR count). The minimum absolute atomic E-state index is 0.204. The molecule has 5 nitrogen and oxygen atoms in total. The van der Waals surface area contributed by atoms with Gasteiger partial charge in [0, 0.05) is 32.7 Å². The van der Waals surface area contributed by atoms with Crippen molar-refractivity contribution in [1.82, 2.24) is 9.29 Å². The Labute approximate surface area is 143 Å². The highest BCUT2D eigenvalue weighted by Crippen LogP contribution is 2.33. The van der Waals surface area contributed by atoms with Gasteiger partial charge in [0.05, 0.1) is 11.0 Å². The molecule has 1 aliphatic rings. The van der Waals surface area contributed by atoms with Crippen LogP contribution in [0.3, 0.4) is 0 Å². The van der Waals surface area contributed by atoms with Gasteiger partial charge >= 0.3 is 0 Å². The van der Waals surface area contributed by atoms with Crippen molar-refractivity contribution in [1.29, 1.82) is 0 Å². The highest BCUT2D eigenvalue weighted by molar-refractivity contribution is 7.88. The lowest BCUT2D eigenvalue weighted by atomic mass is 9.97. The first-order valence-electron chi connectivity index (χ1n) is 7.66. The second-order valence-electron chi connectivity index (χ2n) is 6.20. The number of piperidine rings is 1. The SMILES string of the molecule is CN(CC1CCN(c2nc3c(F)cc(F)cc3s2)CC1)S(C)(=O)=O. The zero-order chi connectivity index (χ0) is 17.5. The maximum absolute atomic E-state index is 13.8. The molecule has 0 spiro atoms. The third-order valence-corrected chi connectivity index (χ3v) is 6.71. The Hall–Kier alpha value is -1.32. The van der Waals surface area contributed by atoms with Crippen molar-refractivity contribution < 1.29 is 17.2 Å². The third kappa shape index (κ3) is 3.68. The summed E-state index contributed by atoms with van der Waals surface area (Å²) in [5.41, 5.74) is 0.204. The fraction of sp³-hybridized carbons (Fsp3) is 0.533. The van der Waals surface area contributed by atoms with Gasteiger partial charge in [0.15, 0.2) is 10.9 Å². The van der Waals surface area contributed by atoms with Gasteiger partial charge in [0.1, 0.15) is 11.3 Å². The number of rotatable bonds is 4. The second kappa shape index (κ2) is 6.53. The smallest absolute Gasteiger partial charge is 0.210 e. The molecule has 0 N–H and O–H groups in total. The lowest BCUT2D eigenvalue weighted by molar-refractivity contribution is 0.329. The number of benzene rings is 1. The molecule has 132 valence electrons. The molecule has 2 heterocycles. The van der Waals surface area contributed by atoms with E-state index in [1.165, 1.54) is 28.0 Å². The van der Waals surface area contributed by atoms with Crippen LogP contribution in [0.2, 0.25) is 0 Å². The largest absolute Gasteiger partial charge is 0.348 e. The fourth-order valence-corrected chi connectivity index (χ4v) is 4.42. The predicted octanol–water partition coefficient (Wildman–Crippen LogP) is 2.68. The number of sulfonamides is 1. The summed E-state index contributed by atoms with van der Waals surface area (Å²) in [7, 11) is -1.57. The van der Waals surface area contributed by atoms with Crippen LogP contribution in [0.25, 0.3) is 10.2 Å². The van der Waals surface area contributed by atoms with Crippen molar-refractivity contribution in [3.63, 3.8) is 0 Å². The first-order chi connectivity index (χ1) is 11.2. The molecule has 2 aromatic rings. The Balaban J connectivity index is 1.68. The summed E-state index contributed by atoms with van der Waals surface area (Å²) < 4.78 is 51.9. The maximum Gasteiger partial charge on any atom is 0.210 e. The fourth-order valence-electron chi connectivity index (χ4n) is 2.89. The standard InChI is InChI=1S/C15H19F2N3O2S2/c1-19(24(2,21)22)9-10-3-5-20(6-4-10)15-18-14-12(17)7-11(16)8-13(14)23-15/h7-8,10H,3-6,9H2,1-2H3. The molecule has 1 aromatic carbocycles. The molecule has 0 aliphatic carbocycles. The normalized spacial score (nSPS) is 17.1. The number of thiazole rings is 1. The summed E-state index contributed by atoms with van der Waals surface area (Å²) >= 11 is 1.28. The van der Waals surface area contributed by atoms with E-state index in [1.807, 2.05) is 0 Å². The minimum Gasteiger partial charge on any atom is -0.348 e. The molecule has 1 aromatic heterocycles. The van der Waals surface area contributed by atoms with E-state index in [2.05, 4.69) is 9.88 Å². The number of hydrogen-bond acceptors (Lipinski definition) is 5. The summed E-state index contributed by atoms with van der Waals surface area (Å²) in [5.74, 6) is -0.945. The number of fused-ring (bicyclic) bond motifs is 1. The van der Waals surface area contributed by atoms with Crippen LogP contribution in [-0.4, -0.2) is 50.6 Å². The molecule has 9 heteroatoms. The van der Waals surface area contributed by atoms with Gasteiger partial charge in [0.2, 0.25) is 10.0 Å². The van der Waals surface area contributed by atoms with Crippen molar-refractivity contribution in [2.75, 3.05) is 37.8 Å². The van der Waals surface area contributed by atoms with E-state index in [0.29, 0.717) is 22.3 Å². The van der Waals surface area contributed by atoms with E-state index in [4.69, 9.17) is 0 Å². The first-order valence-corrected chi connectivity index (χ1v) is 10.3. The van der Waals surface area contributed by atoms with Gasteiger partial charge in [-0.2, -0.15) is 0 Å². The van der Waals surface area contributed by atoms with Gasteiger partial charge in [-0.1, -0.05) is 11.3 Å². The number of nitrogens with zero attached hydrogens (tertiary/aromatic N) is 3. The number of halogens is 2. The monoisotopic (exact) mass is 375 g/mol. The molecule has 0 radical (unpaired) electrons. The second-order valence-corrected chi connectivity index (χ2v) is 9.30. The number of anilines is 1. The van der Waals surface area contributed by atoms with Crippen LogP contribution in [0.1, 0.15) is 12.8 Å². The Kier molecular flexibility index (Phi) is 4.76. The Morgan fingerprint density at radius 2 is 2.00 bits per heavy atom. The summed E-state index contributed by atoms with van der Waals surface area (Å²) in [5, 5.41) is 0.685. The molecular formula is C15H19F2N3O2S2. The van der Waals surface area contributed by atoms with Crippen LogP contribution in [0.15, 0.2) is 12.1 Å². The molecule has 1 saturated heterocycles. The highest BCUT2D eigenvalue weighted by Gasteiger charge is 2.25. The van der Waals surface area contributed by atoms with E-state index in [1.54, 1.807) is 7.05 Å². The highest BCUT2D eigenvalue weighted by atomic mass is 32.2. The van der Waals surface area contributed by atoms with Gasteiger partial charge in [-0.05, 0) is 24.8 Å². The summed E-state index contributed by atoms with van der Waals surface area (Å²) in [6.45, 7) is 1.96. The number of aromatic nitrogens is 1. The van der Waals surface area contributed by atoms with Crippen molar-refractivity contribution in [2.45, 2.75) is 12.8 Å². The average Bonchev–Trinajstić information content (AvgIpc) is 2.91. The molecule has 0 amide bonds. The molecule has 0 atom stereocenters. The Morgan fingerprint density at radius 3 is 2.62 bits per heavy atom. The van der Waals surface area contributed by atoms with Crippen LogP contribution < -0.4 is 4.90 Å². The molecular weight excluding hydrogens is 356 g/mol. The van der Waals surface area contributed by atoms with Gasteiger partial charge < -0.3 is 4.90 Å². The van der Waals surface area contributed by atoms with Crippen molar-refractivity contribution >= 4 is 36.7 Å². The lowest BCUT2D eigenvalue weighted by Gasteiger charge is -2.33.